The number of thiophene rings is 1. The third-order valence-corrected chi connectivity index (χ3v) is 6.37. The van der Waals surface area contributed by atoms with Gasteiger partial charge in [-0.05, 0) is 37.1 Å². The molecule has 2 N–H and O–H groups in total. The maximum atomic E-state index is 12.4. The third kappa shape index (κ3) is 4.28. The first kappa shape index (κ1) is 15.9. The molecule has 1 aromatic rings. The molecule has 1 fully saturated rings. The van der Waals surface area contributed by atoms with Crippen LogP contribution in [0.15, 0.2) is 17.5 Å². The van der Waals surface area contributed by atoms with Crippen molar-refractivity contribution in [1.82, 2.24) is 10.0 Å². The summed E-state index contributed by atoms with van der Waals surface area (Å²) < 4.78 is 27.7. The molecule has 0 saturated heterocycles. The van der Waals surface area contributed by atoms with E-state index in [4.69, 9.17) is 0 Å². The molecule has 1 aliphatic rings. The van der Waals surface area contributed by atoms with E-state index in [1.807, 2.05) is 31.4 Å². The van der Waals surface area contributed by atoms with Crippen LogP contribution in [0.1, 0.15) is 44.5 Å². The molecule has 114 valence electrons. The Kier molecular flexibility index (Phi) is 5.23. The average molecular weight is 316 g/mol. The number of rotatable bonds is 8. The smallest absolute Gasteiger partial charge is 0.216 e. The number of hydrogen-bond donors (Lipinski definition) is 2. The summed E-state index contributed by atoms with van der Waals surface area (Å²) in [5, 5.41) is 4.85. The van der Waals surface area contributed by atoms with Gasteiger partial charge in [-0.2, -0.15) is 0 Å². The molecule has 1 aliphatic carbocycles. The summed E-state index contributed by atoms with van der Waals surface area (Å²) >= 11 is 1.60. The van der Waals surface area contributed by atoms with Gasteiger partial charge in [0, 0.05) is 17.5 Å². The van der Waals surface area contributed by atoms with Crippen LogP contribution < -0.4 is 10.0 Å². The van der Waals surface area contributed by atoms with Gasteiger partial charge in [-0.1, -0.05) is 19.9 Å². The lowest BCUT2D eigenvalue weighted by Crippen LogP contribution is -2.42. The number of hydrogen-bond acceptors (Lipinski definition) is 4. The van der Waals surface area contributed by atoms with Gasteiger partial charge in [-0.15, -0.1) is 11.3 Å². The lowest BCUT2D eigenvalue weighted by atomic mass is 10.0. The van der Waals surface area contributed by atoms with Crippen molar-refractivity contribution in [2.24, 2.45) is 5.92 Å². The van der Waals surface area contributed by atoms with Crippen molar-refractivity contribution in [3.63, 3.8) is 0 Å². The van der Waals surface area contributed by atoms with E-state index in [-0.39, 0.29) is 12.0 Å². The molecule has 2 rings (SSSR count). The minimum atomic E-state index is -3.30. The highest BCUT2D eigenvalue weighted by Gasteiger charge is 2.29. The Bertz CT molecular complexity index is 507. The lowest BCUT2D eigenvalue weighted by molar-refractivity contribution is 0.463. The van der Waals surface area contributed by atoms with Gasteiger partial charge in [-0.25, -0.2) is 13.1 Å². The van der Waals surface area contributed by atoms with Gasteiger partial charge in [0.05, 0.1) is 11.3 Å². The maximum absolute atomic E-state index is 12.4. The lowest BCUT2D eigenvalue weighted by Gasteiger charge is -2.23. The Balaban J connectivity index is 2.00. The van der Waals surface area contributed by atoms with Crippen LogP contribution in [0.25, 0.3) is 0 Å². The van der Waals surface area contributed by atoms with Crippen molar-refractivity contribution in [3.8, 4) is 0 Å². The zero-order valence-corrected chi connectivity index (χ0v) is 13.9. The molecular formula is C14H24N2O2S2. The molecule has 4 nitrogen and oxygen atoms in total. The Labute approximate surface area is 126 Å². The fourth-order valence-electron chi connectivity index (χ4n) is 2.01. The molecule has 0 bridgehead atoms. The summed E-state index contributed by atoms with van der Waals surface area (Å²) in [4.78, 5) is 1.07. The van der Waals surface area contributed by atoms with E-state index in [0.717, 1.165) is 4.88 Å². The molecular weight excluding hydrogens is 292 g/mol. The Morgan fingerprint density at radius 3 is 2.55 bits per heavy atom. The second kappa shape index (κ2) is 6.56. The van der Waals surface area contributed by atoms with Gasteiger partial charge in [0.15, 0.2) is 0 Å². The van der Waals surface area contributed by atoms with Crippen molar-refractivity contribution in [1.29, 1.82) is 0 Å². The Hall–Kier alpha value is -0.430. The molecule has 0 amide bonds. The average Bonchev–Trinajstić information content (AvgIpc) is 3.05. The molecule has 1 saturated carbocycles. The van der Waals surface area contributed by atoms with Crippen molar-refractivity contribution >= 4 is 21.4 Å². The van der Waals surface area contributed by atoms with Crippen LogP contribution in [-0.4, -0.2) is 26.3 Å². The van der Waals surface area contributed by atoms with Gasteiger partial charge < -0.3 is 5.32 Å². The highest BCUT2D eigenvalue weighted by Crippen LogP contribution is 2.27. The second-order valence-corrected chi connectivity index (χ2v) is 9.00. The first-order chi connectivity index (χ1) is 9.40. The van der Waals surface area contributed by atoms with E-state index in [9.17, 15) is 8.42 Å². The quantitative estimate of drug-likeness (QED) is 0.775. The minimum Gasteiger partial charge on any atom is -0.313 e. The van der Waals surface area contributed by atoms with Crippen molar-refractivity contribution in [2.45, 2.75) is 50.9 Å². The molecule has 6 heteroatoms. The summed E-state index contributed by atoms with van der Waals surface area (Å²) in [6.45, 7) is 6.37. The molecule has 20 heavy (non-hydrogen) atoms. The summed E-state index contributed by atoms with van der Waals surface area (Å²) in [6.07, 6.45) is 2.34. The second-order valence-electron chi connectivity index (χ2n) is 5.89. The van der Waals surface area contributed by atoms with Crippen LogP contribution >= 0.6 is 11.3 Å². The van der Waals surface area contributed by atoms with E-state index < -0.39 is 15.3 Å². The van der Waals surface area contributed by atoms with Gasteiger partial charge in [0.25, 0.3) is 0 Å². The predicted molar refractivity (Wildman–Crippen MR) is 84.4 cm³/mol. The molecule has 0 aliphatic heterocycles. The van der Waals surface area contributed by atoms with Gasteiger partial charge in [0.1, 0.15) is 0 Å². The Morgan fingerprint density at radius 1 is 1.35 bits per heavy atom. The Morgan fingerprint density at radius 2 is 2.05 bits per heavy atom. The highest BCUT2D eigenvalue weighted by atomic mass is 32.2. The molecule has 1 aromatic heterocycles. The maximum Gasteiger partial charge on any atom is 0.216 e. The van der Waals surface area contributed by atoms with E-state index in [2.05, 4.69) is 10.0 Å². The molecule has 0 radical (unpaired) electrons. The number of sulfonamides is 1. The third-order valence-electron chi connectivity index (χ3n) is 3.61. The summed E-state index contributed by atoms with van der Waals surface area (Å²) in [6, 6.07) is 4.35. The normalized spacial score (nSPS) is 19.2. The van der Waals surface area contributed by atoms with Crippen molar-refractivity contribution < 1.29 is 8.42 Å². The van der Waals surface area contributed by atoms with Crippen molar-refractivity contribution in [2.75, 3.05) is 6.54 Å². The first-order valence-corrected chi connectivity index (χ1v) is 9.60. The van der Waals surface area contributed by atoms with Gasteiger partial charge in [-0.3, -0.25) is 0 Å². The topological polar surface area (TPSA) is 58.2 Å². The van der Waals surface area contributed by atoms with Crippen LogP contribution in [0.3, 0.4) is 0 Å². The summed E-state index contributed by atoms with van der Waals surface area (Å²) in [5.74, 6) is 0.229. The summed E-state index contributed by atoms with van der Waals surface area (Å²) in [5.41, 5.74) is 0. The van der Waals surface area contributed by atoms with E-state index >= 15 is 0 Å². The SMILES string of the molecule is CC(C)C(NS(=O)(=O)C(C)CNC1CC1)c1cccs1. The first-order valence-electron chi connectivity index (χ1n) is 7.18. The van der Waals surface area contributed by atoms with Crippen LogP contribution in [0.2, 0.25) is 0 Å². The van der Waals surface area contributed by atoms with Crippen LogP contribution in [0, 0.1) is 5.92 Å². The minimum absolute atomic E-state index is 0.136. The van der Waals surface area contributed by atoms with Crippen LogP contribution in [-0.2, 0) is 10.0 Å². The molecule has 2 unspecified atom stereocenters. The van der Waals surface area contributed by atoms with E-state index in [0.29, 0.717) is 12.6 Å². The highest BCUT2D eigenvalue weighted by molar-refractivity contribution is 7.90. The predicted octanol–water partition coefficient (Wildman–Crippen LogP) is 2.51. The van der Waals surface area contributed by atoms with Crippen LogP contribution in [0.4, 0.5) is 0 Å². The molecule has 2 atom stereocenters. The zero-order valence-electron chi connectivity index (χ0n) is 12.3. The van der Waals surface area contributed by atoms with Crippen LogP contribution in [0.5, 0.6) is 0 Å². The molecule has 1 heterocycles. The van der Waals surface area contributed by atoms with Gasteiger partial charge >= 0.3 is 0 Å². The van der Waals surface area contributed by atoms with Gasteiger partial charge in [0.2, 0.25) is 10.0 Å². The largest absolute Gasteiger partial charge is 0.313 e. The van der Waals surface area contributed by atoms with E-state index in [1.54, 1.807) is 18.3 Å². The van der Waals surface area contributed by atoms with Crippen molar-refractivity contribution in [3.05, 3.63) is 22.4 Å². The molecule has 0 spiro atoms. The van der Waals surface area contributed by atoms with E-state index in [1.165, 1.54) is 12.8 Å². The zero-order chi connectivity index (χ0) is 14.8. The number of nitrogens with one attached hydrogen (secondary N) is 2. The molecule has 0 aromatic carbocycles. The standard InChI is InChI=1S/C14H24N2O2S2/c1-10(2)14(13-5-4-8-19-13)16-20(17,18)11(3)9-15-12-6-7-12/h4-5,8,10-12,14-16H,6-7,9H2,1-3H3. The fraction of sp³-hybridized carbons (Fsp3) is 0.714. The summed E-state index contributed by atoms with van der Waals surface area (Å²) in [7, 11) is -3.30. The fourth-order valence-corrected chi connectivity index (χ4v) is 4.34. The monoisotopic (exact) mass is 316 g/mol.